The molecule has 4 rings (SSSR count). The number of carbonyl (C=O) groups is 2. The number of ketones is 1. The number of thioether (sulfide) groups is 1. The van der Waals surface area contributed by atoms with E-state index in [0.29, 0.717) is 41.8 Å². The lowest BCUT2D eigenvalue weighted by atomic mass is 10.1. The molecule has 1 atom stereocenters. The van der Waals surface area contributed by atoms with Gasteiger partial charge in [-0.25, -0.2) is 8.78 Å². The Balaban J connectivity index is 1.50. The van der Waals surface area contributed by atoms with Crippen molar-refractivity contribution in [2.75, 3.05) is 18.8 Å². The molecular weight excluding hydrogens is 382 g/mol. The maximum absolute atomic E-state index is 14.1. The van der Waals surface area contributed by atoms with Crippen LogP contribution in [0.4, 0.5) is 8.78 Å². The van der Waals surface area contributed by atoms with Gasteiger partial charge in [0.05, 0.1) is 5.56 Å². The fourth-order valence-corrected chi connectivity index (χ4v) is 4.74. The summed E-state index contributed by atoms with van der Waals surface area (Å²) in [7, 11) is 0. The maximum Gasteiger partial charge on any atom is 0.295 e. The standard InChI is InChI=1S/C21H18F2N2O2S/c22-13-5-6-17(23)15(11-13)19-7-8-25(9-10-28-19)21(27)20(26)16-12-24-18-4-2-1-3-14(16)18/h1-6,11-12,19,24H,7-10H2. The van der Waals surface area contributed by atoms with E-state index in [4.69, 9.17) is 0 Å². The number of nitrogens with zero attached hydrogens (tertiary/aromatic N) is 1. The highest BCUT2D eigenvalue weighted by atomic mass is 32.2. The smallest absolute Gasteiger partial charge is 0.295 e. The Kier molecular flexibility index (Phi) is 5.17. The van der Waals surface area contributed by atoms with E-state index in [1.807, 2.05) is 18.2 Å². The zero-order valence-electron chi connectivity index (χ0n) is 15.0. The number of rotatable bonds is 3. The van der Waals surface area contributed by atoms with Gasteiger partial charge >= 0.3 is 0 Å². The molecule has 1 amide bonds. The number of para-hydroxylation sites is 1. The summed E-state index contributed by atoms with van der Waals surface area (Å²) in [6.07, 6.45) is 2.01. The summed E-state index contributed by atoms with van der Waals surface area (Å²) in [6, 6.07) is 10.7. The van der Waals surface area contributed by atoms with Crippen molar-refractivity contribution in [3.8, 4) is 0 Å². The number of nitrogens with one attached hydrogen (secondary N) is 1. The largest absolute Gasteiger partial charge is 0.360 e. The van der Waals surface area contributed by atoms with E-state index >= 15 is 0 Å². The molecule has 1 fully saturated rings. The zero-order chi connectivity index (χ0) is 19.7. The van der Waals surface area contributed by atoms with Crippen molar-refractivity contribution in [1.82, 2.24) is 9.88 Å². The molecule has 144 valence electrons. The number of hydrogen-bond acceptors (Lipinski definition) is 3. The lowest BCUT2D eigenvalue weighted by Gasteiger charge is -2.19. The molecule has 0 bridgehead atoms. The number of fused-ring (bicyclic) bond motifs is 1. The molecule has 1 aromatic heterocycles. The predicted octanol–water partition coefficient (Wildman–Crippen LogP) is 4.34. The first-order valence-corrected chi connectivity index (χ1v) is 10.1. The Labute approximate surface area is 164 Å². The molecule has 3 aromatic rings. The molecule has 0 radical (unpaired) electrons. The number of hydrogen-bond donors (Lipinski definition) is 1. The average molecular weight is 400 g/mol. The molecule has 2 heterocycles. The Morgan fingerprint density at radius 1 is 1.11 bits per heavy atom. The minimum atomic E-state index is -0.564. The lowest BCUT2D eigenvalue weighted by molar-refractivity contribution is -0.126. The molecule has 0 spiro atoms. The minimum absolute atomic E-state index is 0.253. The Morgan fingerprint density at radius 2 is 1.93 bits per heavy atom. The van der Waals surface area contributed by atoms with Crippen molar-refractivity contribution in [3.05, 3.63) is 71.4 Å². The lowest BCUT2D eigenvalue weighted by Crippen LogP contribution is -2.38. The van der Waals surface area contributed by atoms with Gasteiger partial charge in [-0.3, -0.25) is 9.59 Å². The Hall–Kier alpha value is -2.67. The van der Waals surface area contributed by atoms with Gasteiger partial charge < -0.3 is 9.88 Å². The van der Waals surface area contributed by atoms with Crippen molar-refractivity contribution in [2.24, 2.45) is 0 Å². The van der Waals surface area contributed by atoms with E-state index in [0.717, 1.165) is 17.6 Å². The first-order valence-electron chi connectivity index (χ1n) is 9.01. The van der Waals surface area contributed by atoms with Crippen molar-refractivity contribution in [1.29, 1.82) is 0 Å². The zero-order valence-corrected chi connectivity index (χ0v) is 15.8. The van der Waals surface area contributed by atoms with Gasteiger partial charge in [-0.15, -0.1) is 0 Å². The van der Waals surface area contributed by atoms with Crippen LogP contribution < -0.4 is 0 Å². The topological polar surface area (TPSA) is 53.2 Å². The highest BCUT2D eigenvalue weighted by Crippen LogP contribution is 2.36. The van der Waals surface area contributed by atoms with Crippen LogP contribution in [0.25, 0.3) is 10.9 Å². The molecule has 1 N–H and O–H groups in total. The van der Waals surface area contributed by atoms with Crippen LogP contribution in [0.2, 0.25) is 0 Å². The van der Waals surface area contributed by atoms with Crippen LogP contribution in [0, 0.1) is 11.6 Å². The van der Waals surface area contributed by atoms with Gasteiger partial charge in [-0.05, 0) is 30.7 Å². The first-order chi connectivity index (χ1) is 13.5. The van der Waals surface area contributed by atoms with Gasteiger partial charge in [0, 0.05) is 46.8 Å². The van der Waals surface area contributed by atoms with Gasteiger partial charge in [0.2, 0.25) is 0 Å². The molecule has 4 nitrogen and oxygen atoms in total. The summed E-state index contributed by atoms with van der Waals surface area (Å²) < 4.78 is 27.6. The average Bonchev–Trinajstić information content (AvgIpc) is 2.98. The Morgan fingerprint density at radius 3 is 2.79 bits per heavy atom. The normalized spacial score (nSPS) is 17.5. The summed E-state index contributed by atoms with van der Waals surface area (Å²) in [5, 5.41) is 0.460. The van der Waals surface area contributed by atoms with E-state index in [2.05, 4.69) is 4.98 Å². The molecular formula is C21H18F2N2O2S. The van der Waals surface area contributed by atoms with E-state index in [1.54, 1.807) is 12.3 Å². The third-order valence-electron chi connectivity index (χ3n) is 4.96. The van der Waals surface area contributed by atoms with Crippen molar-refractivity contribution < 1.29 is 18.4 Å². The number of halogens is 2. The van der Waals surface area contributed by atoms with E-state index in [1.165, 1.54) is 22.7 Å². The second-order valence-corrected chi connectivity index (χ2v) is 7.99. The molecule has 1 aliphatic rings. The fourth-order valence-electron chi connectivity index (χ4n) is 3.50. The predicted molar refractivity (Wildman–Crippen MR) is 105 cm³/mol. The molecule has 1 saturated heterocycles. The van der Waals surface area contributed by atoms with Crippen LogP contribution in [0.5, 0.6) is 0 Å². The molecule has 0 aliphatic carbocycles. The highest BCUT2D eigenvalue weighted by molar-refractivity contribution is 7.99. The van der Waals surface area contributed by atoms with Crippen molar-refractivity contribution >= 4 is 34.4 Å². The van der Waals surface area contributed by atoms with Gasteiger partial charge in [-0.2, -0.15) is 11.8 Å². The van der Waals surface area contributed by atoms with Crippen LogP contribution in [0.15, 0.2) is 48.7 Å². The summed E-state index contributed by atoms with van der Waals surface area (Å²) in [6.45, 7) is 0.714. The third-order valence-corrected chi connectivity index (χ3v) is 6.27. The number of Topliss-reactive ketones (excluding diaryl/α,β-unsaturated/α-hetero) is 1. The maximum atomic E-state index is 14.1. The molecule has 1 unspecified atom stereocenters. The monoisotopic (exact) mass is 400 g/mol. The number of benzene rings is 2. The second-order valence-electron chi connectivity index (χ2n) is 6.68. The number of carbonyl (C=O) groups excluding carboxylic acids is 2. The number of aromatic nitrogens is 1. The van der Waals surface area contributed by atoms with Gasteiger partial charge in [0.1, 0.15) is 11.6 Å². The molecule has 1 aliphatic heterocycles. The first kappa shape index (κ1) is 18.7. The summed E-state index contributed by atoms with van der Waals surface area (Å²) in [5.74, 6) is -1.51. The number of amides is 1. The Bertz CT molecular complexity index is 1050. The summed E-state index contributed by atoms with van der Waals surface area (Å²) in [4.78, 5) is 30.0. The summed E-state index contributed by atoms with van der Waals surface area (Å²) in [5.41, 5.74) is 1.46. The SMILES string of the molecule is O=C(C(=O)N1CCSC(c2cc(F)ccc2F)CC1)c1c[nH]c2ccccc12. The molecule has 2 aromatic carbocycles. The van der Waals surface area contributed by atoms with Crippen LogP contribution in [0.3, 0.4) is 0 Å². The second kappa shape index (κ2) is 7.75. The van der Waals surface area contributed by atoms with Gasteiger partial charge in [0.25, 0.3) is 11.7 Å². The molecule has 0 saturated carbocycles. The number of aromatic amines is 1. The quantitative estimate of drug-likeness (QED) is 0.526. The number of H-pyrrole nitrogens is 1. The van der Waals surface area contributed by atoms with Crippen LogP contribution in [0.1, 0.15) is 27.6 Å². The van der Waals surface area contributed by atoms with Gasteiger partial charge in [0.15, 0.2) is 0 Å². The highest BCUT2D eigenvalue weighted by Gasteiger charge is 2.29. The van der Waals surface area contributed by atoms with Crippen LogP contribution in [-0.4, -0.2) is 40.4 Å². The van der Waals surface area contributed by atoms with Crippen LogP contribution in [-0.2, 0) is 4.79 Å². The van der Waals surface area contributed by atoms with Gasteiger partial charge in [-0.1, -0.05) is 18.2 Å². The third kappa shape index (κ3) is 3.54. The van der Waals surface area contributed by atoms with Crippen molar-refractivity contribution in [3.63, 3.8) is 0 Å². The summed E-state index contributed by atoms with van der Waals surface area (Å²) >= 11 is 1.47. The van der Waals surface area contributed by atoms with E-state index in [9.17, 15) is 18.4 Å². The van der Waals surface area contributed by atoms with Crippen molar-refractivity contribution in [2.45, 2.75) is 11.7 Å². The van der Waals surface area contributed by atoms with E-state index in [-0.39, 0.29) is 5.25 Å². The molecule has 7 heteroatoms. The fraction of sp³-hybridized carbons (Fsp3) is 0.238. The van der Waals surface area contributed by atoms with Crippen LogP contribution >= 0.6 is 11.8 Å². The minimum Gasteiger partial charge on any atom is -0.360 e. The van der Waals surface area contributed by atoms with E-state index < -0.39 is 23.3 Å². The molecule has 28 heavy (non-hydrogen) atoms.